The molecule has 138 valence electrons. The van der Waals surface area contributed by atoms with Crippen LogP contribution in [0.25, 0.3) is 0 Å². The van der Waals surface area contributed by atoms with Gasteiger partial charge in [-0.15, -0.1) is 0 Å². The summed E-state index contributed by atoms with van der Waals surface area (Å²) in [6.45, 7) is 16.9. The first-order chi connectivity index (χ1) is 10.5. The quantitative estimate of drug-likeness (QED) is 0.660. The van der Waals surface area contributed by atoms with Crippen molar-refractivity contribution in [3.8, 4) is 0 Å². The third-order valence-electron chi connectivity index (χ3n) is 4.99. The molecule has 0 aliphatic carbocycles. The van der Waals surface area contributed by atoms with Gasteiger partial charge in [-0.25, -0.2) is 0 Å². The molecule has 3 atom stereocenters. The van der Waals surface area contributed by atoms with Gasteiger partial charge in [-0.05, 0) is 30.5 Å². The normalized spacial score (nSPS) is 26.5. The van der Waals surface area contributed by atoms with Crippen LogP contribution in [0.3, 0.4) is 0 Å². The molecule has 1 aliphatic heterocycles. The van der Waals surface area contributed by atoms with Crippen LogP contribution in [-0.4, -0.2) is 55.8 Å². The molecule has 0 aromatic rings. The topological polar surface area (TPSA) is 68.2 Å². The van der Waals surface area contributed by atoms with Crippen LogP contribution >= 0.6 is 0 Å². The highest BCUT2D eigenvalue weighted by molar-refractivity contribution is 6.77. The summed E-state index contributed by atoms with van der Waals surface area (Å²) >= 11 is 0. The first kappa shape index (κ1) is 21.1. The predicted molar refractivity (Wildman–Crippen MR) is 93.9 cm³/mol. The molecule has 0 spiro atoms. The summed E-state index contributed by atoms with van der Waals surface area (Å²) in [5, 5.41) is 20.0. The van der Waals surface area contributed by atoms with Crippen molar-refractivity contribution in [3.63, 3.8) is 0 Å². The van der Waals surface area contributed by atoms with Crippen LogP contribution in [0.2, 0.25) is 16.6 Å². The number of hydrogen-bond donors (Lipinski definition) is 2. The van der Waals surface area contributed by atoms with Crippen molar-refractivity contribution >= 4 is 8.32 Å². The van der Waals surface area contributed by atoms with E-state index in [1.165, 1.54) is 0 Å². The fourth-order valence-corrected chi connectivity index (χ4v) is 9.61. The molecule has 5 nitrogen and oxygen atoms in total. The second kappa shape index (κ2) is 7.93. The van der Waals surface area contributed by atoms with Gasteiger partial charge in [0.1, 0.15) is 18.3 Å². The first-order valence-corrected chi connectivity index (χ1v) is 10.9. The van der Waals surface area contributed by atoms with Crippen molar-refractivity contribution in [2.45, 2.75) is 96.1 Å². The van der Waals surface area contributed by atoms with Crippen LogP contribution in [0.5, 0.6) is 0 Å². The Morgan fingerprint density at radius 1 is 1.00 bits per heavy atom. The van der Waals surface area contributed by atoms with Gasteiger partial charge in [-0.1, -0.05) is 41.5 Å². The van der Waals surface area contributed by atoms with Crippen molar-refractivity contribution in [1.29, 1.82) is 0 Å². The molecule has 1 fully saturated rings. The maximum atomic E-state index is 10.6. The first-order valence-electron chi connectivity index (χ1n) is 8.76. The largest absolute Gasteiger partial charge is 0.413 e. The van der Waals surface area contributed by atoms with E-state index < -0.39 is 32.4 Å². The monoisotopic (exact) mass is 348 g/mol. The van der Waals surface area contributed by atoms with E-state index in [9.17, 15) is 10.2 Å². The van der Waals surface area contributed by atoms with E-state index in [-0.39, 0.29) is 13.2 Å². The van der Waals surface area contributed by atoms with Crippen LogP contribution in [0.4, 0.5) is 0 Å². The number of hydrogen-bond acceptors (Lipinski definition) is 5. The Morgan fingerprint density at radius 2 is 1.48 bits per heavy atom. The summed E-state index contributed by atoms with van der Waals surface area (Å²) in [5.41, 5.74) is 1.38. The molecule has 1 saturated heterocycles. The van der Waals surface area contributed by atoms with Gasteiger partial charge in [0.05, 0.1) is 13.2 Å². The molecule has 23 heavy (non-hydrogen) atoms. The molecule has 0 radical (unpaired) electrons. The number of aliphatic hydroxyl groups excluding tert-OH is 2. The SMILES string of the molecule is CC(C)[Si](OC[C@@H](O)[C@H]1OC(C)(C)O[C@H]1CO)(C(C)C)C(C)C. The van der Waals surface area contributed by atoms with Gasteiger partial charge in [-0.2, -0.15) is 0 Å². The average Bonchev–Trinajstić information content (AvgIpc) is 2.73. The van der Waals surface area contributed by atoms with Crippen molar-refractivity contribution in [2.24, 2.45) is 0 Å². The maximum absolute atomic E-state index is 10.6. The minimum Gasteiger partial charge on any atom is -0.413 e. The smallest absolute Gasteiger partial charge is 0.200 e. The van der Waals surface area contributed by atoms with E-state index in [1.807, 2.05) is 0 Å². The van der Waals surface area contributed by atoms with Gasteiger partial charge in [0, 0.05) is 0 Å². The summed E-state index contributed by atoms with van der Waals surface area (Å²) in [6, 6.07) is 0. The zero-order chi connectivity index (χ0) is 18.0. The van der Waals surface area contributed by atoms with Crippen molar-refractivity contribution < 1.29 is 24.1 Å². The molecule has 1 rings (SSSR count). The van der Waals surface area contributed by atoms with Crippen LogP contribution in [-0.2, 0) is 13.9 Å². The average molecular weight is 349 g/mol. The van der Waals surface area contributed by atoms with E-state index in [4.69, 9.17) is 13.9 Å². The van der Waals surface area contributed by atoms with E-state index in [2.05, 4.69) is 41.5 Å². The van der Waals surface area contributed by atoms with Gasteiger partial charge in [0.15, 0.2) is 14.1 Å². The van der Waals surface area contributed by atoms with E-state index in [0.717, 1.165) is 0 Å². The van der Waals surface area contributed by atoms with Gasteiger partial charge in [0.2, 0.25) is 0 Å². The lowest BCUT2D eigenvalue weighted by Gasteiger charge is -2.43. The van der Waals surface area contributed by atoms with Crippen molar-refractivity contribution in [2.75, 3.05) is 13.2 Å². The molecular formula is C17H36O5Si. The summed E-state index contributed by atoms with van der Waals surface area (Å²) in [5.74, 6) is -0.790. The molecule has 0 saturated carbocycles. The van der Waals surface area contributed by atoms with Crippen molar-refractivity contribution in [3.05, 3.63) is 0 Å². The third kappa shape index (κ3) is 4.55. The lowest BCUT2D eigenvalue weighted by Crippen LogP contribution is -2.51. The second-order valence-corrected chi connectivity index (χ2v) is 13.5. The second-order valence-electron chi connectivity index (χ2n) is 8.02. The molecule has 0 amide bonds. The molecule has 1 heterocycles. The van der Waals surface area contributed by atoms with Crippen LogP contribution < -0.4 is 0 Å². The molecule has 0 aromatic carbocycles. The highest BCUT2D eigenvalue weighted by Gasteiger charge is 2.48. The standard InChI is InChI=1S/C17H36O5Si/c1-11(2)23(12(3)4,13(5)6)20-10-14(19)16-15(9-18)21-17(7,8)22-16/h11-16,18-19H,9-10H2,1-8H3/t14-,15+,16-/m1/s1. The zero-order valence-electron chi connectivity index (χ0n) is 16.0. The van der Waals surface area contributed by atoms with Crippen LogP contribution in [0.15, 0.2) is 0 Å². The summed E-state index contributed by atoms with van der Waals surface area (Å²) < 4.78 is 17.8. The number of rotatable bonds is 8. The number of aliphatic hydroxyl groups is 2. The fourth-order valence-electron chi connectivity index (χ4n) is 4.16. The Kier molecular flexibility index (Phi) is 7.26. The maximum Gasteiger partial charge on any atom is 0.200 e. The lowest BCUT2D eigenvalue weighted by molar-refractivity contribution is -0.158. The molecule has 1 aliphatic rings. The molecule has 0 unspecified atom stereocenters. The van der Waals surface area contributed by atoms with Gasteiger partial charge in [0.25, 0.3) is 0 Å². The molecule has 2 N–H and O–H groups in total. The van der Waals surface area contributed by atoms with Gasteiger partial charge in [-0.3, -0.25) is 0 Å². The predicted octanol–water partition coefficient (Wildman–Crippen LogP) is 3.05. The third-order valence-corrected chi connectivity index (χ3v) is 11.1. The van der Waals surface area contributed by atoms with Crippen LogP contribution in [0.1, 0.15) is 55.4 Å². The molecule has 6 heteroatoms. The zero-order valence-corrected chi connectivity index (χ0v) is 17.0. The molecule has 0 bridgehead atoms. The van der Waals surface area contributed by atoms with E-state index >= 15 is 0 Å². The van der Waals surface area contributed by atoms with Crippen molar-refractivity contribution in [1.82, 2.24) is 0 Å². The van der Waals surface area contributed by atoms with Crippen LogP contribution in [0, 0.1) is 0 Å². The molecular weight excluding hydrogens is 312 g/mol. The summed E-state index contributed by atoms with van der Waals surface area (Å²) in [7, 11) is -2.03. The molecule has 0 aromatic heterocycles. The van der Waals surface area contributed by atoms with E-state index in [1.54, 1.807) is 13.8 Å². The highest BCUT2D eigenvalue weighted by Crippen LogP contribution is 2.42. The van der Waals surface area contributed by atoms with Gasteiger partial charge < -0.3 is 24.1 Å². The van der Waals surface area contributed by atoms with E-state index in [0.29, 0.717) is 16.6 Å². The Labute approximate surface area is 142 Å². The minimum atomic E-state index is -2.03. The Hall–Kier alpha value is 0.0169. The lowest BCUT2D eigenvalue weighted by atomic mass is 10.1. The highest BCUT2D eigenvalue weighted by atomic mass is 28.4. The summed E-state index contributed by atoms with van der Waals surface area (Å²) in [4.78, 5) is 0. The summed E-state index contributed by atoms with van der Waals surface area (Å²) in [6.07, 6.45) is -1.89. The number of ether oxygens (including phenoxy) is 2. The van der Waals surface area contributed by atoms with Gasteiger partial charge >= 0.3 is 0 Å². The minimum absolute atomic E-state index is 0.174. The Morgan fingerprint density at radius 3 is 1.87 bits per heavy atom. The fraction of sp³-hybridized carbons (Fsp3) is 1.00. The Balaban J connectivity index is 2.82. The Bertz CT molecular complexity index is 348.